The number of carbonyl (C=O) groups is 2. The van der Waals surface area contributed by atoms with Gasteiger partial charge in [0.1, 0.15) is 11.4 Å². The average Bonchev–Trinajstić information content (AvgIpc) is 2.34. The molecule has 1 rings (SSSR count). The van der Waals surface area contributed by atoms with Crippen LogP contribution in [-0.4, -0.2) is 29.9 Å². The summed E-state index contributed by atoms with van der Waals surface area (Å²) in [7, 11) is 1.46. The molecule has 0 bridgehead atoms. The first-order valence-corrected chi connectivity index (χ1v) is 6.10. The highest BCUT2D eigenvalue weighted by atomic mass is 16.6. The van der Waals surface area contributed by atoms with Crippen LogP contribution in [0.1, 0.15) is 36.7 Å². The first-order valence-electron chi connectivity index (χ1n) is 6.10. The van der Waals surface area contributed by atoms with Gasteiger partial charge in [-0.25, -0.2) is 9.59 Å². The third-order valence-corrected chi connectivity index (χ3v) is 2.37. The average molecular weight is 281 g/mol. The van der Waals surface area contributed by atoms with Crippen LogP contribution in [0.4, 0.5) is 4.79 Å². The zero-order chi connectivity index (χ0) is 15.3. The van der Waals surface area contributed by atoms with Crippen molar-refractivity contribution in [2.75, 3.05) is 7.11 Å². The number of benzene rings is 1. The van der Waals surface area contributed by atoms with E-state index in [1.807, 2.05) is 0 Å². The zero-order valence-electron chi connectivity index (χ0n) is 12.0. The summed E-state index contributed by atoms with van der Waals surface area (Å²) >= 11 is 0. The molecule has 1 aromatic rings. The lowest BCUT2D eigenvalue weighted by atomic mass is 10.1. The summed E-state index contributed by atoms with van der Waals surface area (Å²) in [4.78, 5) is 22.7. The Bertz CT molecular complexity index is 505. The first-order chi connectivity index (χ1) is 9.23. The van der Waals surface area contributed by atoms with Gasteiger partial charge < -0.3 is 19.9 Å². The number of amides is 1. The maximum atomic E-state index is 11.5. The smallest absolute Gasteiger partial charge is 0.407 e. The molecule has 0 aliphatic rings. The van der Waals surface area contributed by atoms with Crippen molar-refractivity contribution >= 4 is 12.1 Å². The van der Waals surface area contributed by atoms with E-state index in [1.54, 1.807) is 32.9 Å². The molecular formula is C14H19NO5. The number of hydrogen-bond acceptors (Lipinski definition) is 4. The maximum Gasteiger partial charge on any atom is 0.407 e. The van der Waals surface area contributed by atoms with Gasteiger partial charge in [-0.2, -0.15) is 0 Å². The summed E-state index contributed by atoms with van der Waals surface area (Å²) in [5.74, 6) is -0.631. The molecule has 0 radical (unpaired) electrons. The fraction of sp³-hybridized carbons (Fsp3) is 0.429. The lowest BCUT2D eigenvalue weighted by Gasteiger charge is -2.20. The zero-order valence-corrected chi connectivity index (χ0v) is 12.0. The molecule has 110 valence electrons. The molecule has 0 aliphatic heterocycles. The van der Waals surface area contributed by atoms with E-state index < -0.39 is 17.7 Å². The van der Waals surface area contributed by atoms with Crippen molar-refractivity contribution in [2.45, 2.75) is 32.9 Å². The normalized spacial score (nSPS) is 10.8. The molecular weight excluding hydrogens is 262 g/mol. The number of rotatable bonds is 4. The number of aromatic carboxylic acids is 1. The summed E-state index contributed by atoms with van der Waals surface area (Å²) in [5, 5.41) is 11.7. The van der Waals surface area contributed by atoms with Gasteiger partial charge in [0.2, 0.25) is 0 Å². The molecule has 0 aliphatic carbocycles. The molecule has 0 unspecified atom stereocenters. The molecule has 0 saturated heterocycles. The van der Waals surface area contributed by atoms with E-state index in [0.29, 0.717) is 11.3 Å². The Balaban J connectivity index is 2.77. The Morgan fingerprint density at radius 3 is 2.45 bits per heavy atom. The van der Waals surface area contributed by atoms with Crippen LogP contribution in [0.2, 0.25) is 0 Å². The Morgan fingerprint density at radius 1 is 1.30 bits per heavy atom. The van der Waals surface area contributed by atoms with Crippen molar-refractivity contribution in [1.82, 2.24) is 5.32 Å². The fourth-order valence-electron chi connectivity index (χ4n) is 1.52. The van der Waals surface area contributed by atoms with Gasteiger partial charge in [-0.1, -0.05) is 6.07 Å². The summed E-state index contributed by atoms with van der Waals surface area (Å²) in [5.41, 5.74) is -0.0378. The molecule has 0 fully saturated rings. The standard InChI is InChI=1S/C14H19NO5/c1-14(2,3)20-13(18)15-8-9-5-6-10(19-4)7-11(9)12(16)17/h5-7H,8H2,1-4H3,(H,15,18)(H,16,17). The molecule has 20 heavy (non-hydrogen) atoms. The minimum absolute atomic E-state index is 0.0700. The lowest BCUT2D eigenvalue weighted by Crippen LogP contribution is -2.32. The number of methoxy groups -OCH3 is 1. The fourth-order valence-corrected chi connectivity index (χ4v) is 1.52. The van der Waals surface area contributed by atoms with Crippen LogP contribution in [0.3, 0.4) is 0 Å². The van der Waals surface area contributed by atoms with E-state index in [-0.39, 0.29) is 12.1 Å². The molecule has 0 spiro atoms. The number of carboxylic acids is 1. The van der Waals surface area contributed by atoms with E-state index in [0.717, 1.165) is 0 Å². The van der Waals surface area contributed by atoms with Crippen LogP contribution in [-0.2, 0) is 11.3 Å². The van der Waals surface area contributed by atoms with E-state index in [1.165, 1.54) is 13.2 Å². The third kappa shape index (κ3) is 4.79. The van der Waals surface area contributed by atoms with Crippen LogP contribution in [0.5, 0.6) is 5.75 Å². The molecule has 0 saturated carbocycles. The predicted molar refractivity (Wildman–Crippen MR) is 73.0 cm³/mol. The van der Waals surface area contributed by atoms with Crippen LogP contribution in [0.15, 0.2) is 18.2 Å². The summed E-state index contributed by atoms with van der Waals surface area (Å²) < 4.78 is 10.1. The molecule has 0 atom stereocenters. The summed E-state index contributed by atoms with van der Waals surface area (Å²) in [6.07, 6.45) is -0.593. The summed E-state index contributed by atoms with van der Waals surface area (Å²) in [6, 6.07) is 4.65. The molecule has 6 heteroatoms. The SMILES string of the molecule is COc1ccc(CNC(=O)OC(C)(C)C)c(C(=O)O)c1. The van der Waals surface area contributed by atoms with E-state index >= 15 is 0 Å². The third-order valence-electron chi connectivity index (χ3n) is 2.37. The van der Waals surface area contributed by atoms with Gasteiger partial charge in [0.25, 0.3) is 0 Å². The number of carbonyl (C=O) groups excluding carboxylic acids is 1. The van der Waals surface area contributed by atoms with Gasteiger partial charge in [0, 0.05) is 6.54 Å². The molecule has 6 nitrogen and oxygen atoms in total. The number of alkyl carbamates (subject to hydrolysis) is 1. The van der Waals surface area contributed by atoms with Crippen molar-refractivity contribution in [3.05, 3.63) is 29.3 Å². The highest BCUT2D eigenvalue weighted by Crippen LogP contribution is 2.18. The second-order valence-corrected chi connectivity index (χ2v) is 5.18. The van der Waals surface area contributed by atoms with Gasteiger partial charge in [-0.3, -0.25) is 0 Å². The highest BCUT2D eigenvalue weighted by Gasteiger charge is 2.17. The van der Waals surface area contributed by atoms with Crippen LogP contribution in [0, 0.1) is 0 Å². The van der Waals surface area contributed by atoms with E-state index in [4.69, 9.17) is 14.6 Å². The molecule has 0 heterocycles. The van der Waals surface area contributed by atoms with Gasteiger partial charge in [0.15, 0.2) is 0 Å². The monoisotopic (exact) mass is 281 g/mol. The van der Waals surface area contributed by atoms with Crippen molar-refractivity contribution in [3.63, 3.8) is 0 Å². The quantitative estimate of drug-likeness (QED) is 0.885. The van der Waals surface area contributed by atoms with Gasteiger partial charge in [-0.15, -0.1) is 0 Å². The highest BCUT2D eigenvalue weighted by molar-refractivity contribution is 5.90. The number of ether oxygens (including phenoxy) is 2. The number of hydrogen-bond donors (Lipinski definition) is 2. The lowest BCUT2D eigenvalue weighted by molar-refractivity contribution is 0.0521. The Morgan fingerprint density at radius 2 is 1.95 bits per heavy atom. The molecule has 0 aromatic heterocycles. The maximum absolute atomic E-state index is 11.5. The molecule has 1 amide bonds. The minimum Gasteiger partial charge on any atom is -0.497 e. The van der Waals surface area contributed by atoms with Crippen molar-refractivity contribution in [2.24, 2.45) is 0 Å². The van der Waals surface area contributed by atoms with Crippen molar-refractivity contribution < 1.29 is 24.2 Å². The first kappa shape index (κ1) is 15.8. The van der Waals surface area contributed by atoms with Crippen LogP contribution in [0.25, 0.3) is 0 Å². The number of nitrogens with one attached hydrogen (secondary N) is 1. The van der Waals surface area contributed by atoms with Gasteiger partial charge in [0.05, 0.1) is 12.7 Å². The Kier molecular flexibility index (Phi) is 4.96. The second-order valence-electron chi connectivity index (χ2n) is 5.18. The molecule has 2 N–H and O–H groups in total. The van der Waals surface area contributed by atoms with E-state index in [2.05, 4.69) is 5.32 Å². The number of carboxylic acid groups (broad SMARTS) is 1. The van der Waals surface area contributed by atoms with Crippen molar-refractivity contribution in [3.8, 4) is 5.75 Å². The second kappa shape index (κ2) is 6.27. The predicted octanol–water partition coefficient (Wildman–Crippen LogP) is 2.42. The summed E-state index contributed by atoms with van der Waals surface area (Å²) in [6.45, 7) is 5.33. The van der Waals surface area contributed by atoms with Crippen molar-refractivity contribution in [1.29, 1.82) is 0 Å². The van der Waals surface area contributed by atoms with Crippen LogP contribution < -0.4 is 10.1 Å². The van der Waals surface area contributed by atoms with Gasteiger partial charge in [-0.05, 0) is 38.5 Å². The van der Waals surface area contributed by atoms with E-state index in [9.17, 15) is 9.59 Å². The molecule has 1 aromatic carbocycles. The van der Waals surface area contributed by atoms with Gasteiger partial charge >= 0.3 is 12.1 Å². The Hall–Kier alpha value is -2.24. The minimum atomic E-state index is -1.08. The van der Waals surface area contributed by atoms with Crippen LogP contribution >= 0.6 is 0 Å². The Labute approximate surface area is 117 Å². The topological polar surface area (TPSA) is 84.9 Å². The largest absolute Gasteiger partial charge is 0.497 e.